The van der Waals surface area contributed by atoms with Gasteiger partial charge in [-0.1, -0.05) is 27.9 Å². The highest BCUT2D eigenvalue weighted by Gasteiger charge is 2.08. The van der Waals surface area contributed by atoms with E-state index in [1.165, 1.54) is 11.9 Å². The number of rotatable bonds is 2. The van der Waals surface area contributed by atoms with Gasteiger partial charge in [0.1, 0.15) is 0 Å². The minimum atomic E-state index is -0.175. The molecule has 1 aromatic carbocycles. The lowest BCUT2D eigenvalue weighted by molar-refractivity contribution is 0.0985. The van der Waals surface area contributed by atoms with Crippen LogP contribution < -0.4 is 10.5 Å². The first-order valence-corrected chi connectivity index (χ1v) is 5.55. The third kappa shape index (κ3) is 2.63. The molecule has 0 unspecified atom stereocenters. The zero-order chi connectivity index (χ0) is 9.84. The Morgan fingerprint density at radius 1 is 1.62 bits per heavy atom. The van der Waals surface area contributed by atoms with Crippen LogP contribution in [0.3, 0.4) is 0 Å². The van der Waals surface area contributed by atoms with Gasteiger partial charge in [0.2, 0.25) is 0 Å². The fraction of sp³-hybridized carbons (Fsp3) is 0.125. The summed E-state index contributed by atoms with van der Waals surface area (Å²) in [7, 11) is 0. The second kappa shape index (κ2) is 4.53. The Morgan fingerprint density at radius 3 is 2.92 bits per heavy atom. The molecule has 0 heterocycles. The van der Waals surface area contributed by atoms with Crippen LogP contribution in [0.1, 0.15) is 10.4 Å². The predicted molar refractivity (Wildman–Crippen MR) is 59.5 cm³/mol. The summed E-state index contributed by atoms with van der Waals surface area (Å²) < 4.78 is 3.45. The monoisotopic (exact) mass is 260 g/mol. The highest BCUT2D eigenvalue weighted by atomic mass is 79.9. The number of nitrogens with two attached hydrogens (primary N) is 1. The van der Waals surface area contributed by atoms with E-state index in [0.717, 1.165) is 4.47 Å². The van der Waals surface area contributed by atoms with Gasteiger partial charge in [0.15, 0.2) is 0 Å². The van der Waals surface area contributed by atoms with Gasteiger partial charge in [0.05, 0.1) is 5.56 Å². The molecule has 13 heavy (non-hydrogen) atoms. The Bertz CT molecular complexity index is 330. The molecule has 3 nitrogen and oxygen atoms in total. The highest BCUT2D eigenvalue weighted by molar-refractivity contribution is 9.10. The van der Waals surface area contributed by atoms with E-state index in [4.69, 9.17) is 5.73 Å². The van der Waals surface area contributed by atoms with Crippen LogP contribution in [0.4, 0.5) is 5.69 Å². The van der Waals surface area contributed by atoms with Crippen LogP contribution in [0.25, 0.3) is 0 Å². The lowest BCUT2D eigenvalue weighted by Crippen LogP contribution is -2.16. The summed E-state index contributed by atoms with van der Waals surface area (Å²) in [6.45, 7) is 0. The minimum absolute atomic E-state index is 0.175. The molecule has 0 fully saturated rings. The average Bonchev–Trinajstić information content (AvgIpc) is 2.09. The molecule has 0 saturated heterocycles. The van der Waals surface area contributed by atoms with Crippen molar-refractivity contribution in [1.82, 2.24) is 4.72 Å². The second-order valence-electron chi connectivity index (χ2n) is 2.37. The third-order valence-corrected chi connectivity index (χ3v) is 2.34. The van der Waals surface area contributed by atoms with Crippen molar-refractivity contribution in [1.29, 1.82) is 0 Å². The van der Waals surface area contributed by atoms with Crippen molar-refractivity contribution in [3.05, 3.63) is 28.2 Å². The number of amides is 1. The average molecular weight is 261 g/mol. The summed E-state index contributed by atoms with van der Waals surface area (Å²) in [6, 6.07) is 5.19. The second-order valence-corrected chi connectivity index (χ2v) is 3.89. The number of carbonyl (C=O) groups is 1. The number of anilines is 1. The van der Waals surface area contributed by atoms with Gasteiger partial charge >= 0.3 is 0 Å². The Kier molecular flexibility index (Phi) is 3.62. The maximum Gasteiger partial charge on any atom is 0.263 e. The molecule has 0 aliphatic heterocycles. The van der Waals surface area contributed by atoms with Gasteiger partial charge < -0.3 is 5.73 Å². The van der Waals surface area contributed by atoms with Crippen molar-refractivity contribution in [2.24, 2.45) is 0 Å². The van der Waals surface area contributed by atoms with Gasteiger partial charge in [-0.3, -0.25) is 9.52 Å². The molecule has 1 amide bonds. The normalized spacial score (nSPS) is 9.69. The summed E-state index contributed by atoms with van der Waals surface area (Å²) in [4.78, 5) is 11.4. The smallest absolute Gasteiger partial charge is 0.263 e. The zero-order valence-electron chi connectivity index (χ0n) is 7.00. The first kappa shape index (κ1) is 10.4. The van der Waals surface area contributed by atoms with Gasteiger partial charge in [0.25, 0.3) is 5.91 Å². The van der Waals surface area contributed by atoms with Crippen LogP contribution in [0.5, 0.6) is 0 Å². The minimum Gasteiger partial charge on any atom is -0.398 e. The van der Waals surface area contributed by atoms with Gasteiger partial charge in [-0.05, 0) is 18.2 Å². The van der Waals surface area contributed by atoms with Crippen molar-refractivity contribution in [3.63, 3.8) is 0 Å². The maximum absolute atomic E-state index is 11.4. The van der Waals surface area contributed by atoms with E-state index in [9.17, 15) is 4.79 Å². The molecule has 1 aromatic rings. The molecular formula is C8H9BrN2OS. The summed E-state index contributed by atoms with van der Waals surface area (Å²) in [5.74, 6) is -0.175. The topological polar surface area (TPSA) is 55.1 Å². The molecule has 1 rings (SSSR count). The summed E-state index contributed by atoms with van der Waals surface area (Å²) in [5, 5.41) is 0. The number of hydrogen-bond donors (Lipinski definition) is 2. The Balaban J connectivity index is 2.99. The first-order valence-electron chi connectivity index (χ1n) is 3.53. The standard InChI is InChI=1S/C8H9BrN2OS/c1-13-11-8(12)6-4-5(9)2-3-7(6)10/h2-4H,10H2,1H3,(H,11,12). The lowest BCUT2D eigenvalue weighted by Gasteiger charge is -2.04. The summed E-state index contributed by atoms with van der Waals surface area (Å²) in [6.07, 6.45) is 1.78. The van der Waals surface area contributed by atoms with Crippen LogP contribution in [-0.2, 0) is 0 Å². The van der Waals surface area contributed by atoms with E-state index in [1.807, 2.05) is 0 Å². The number of hydrogen-bond acceptors (Lipinski definition) is 3. The molecule has 0 saturated carbocycles. The van der Waals surface area contributed by atoms with E-state index < -0.39 is 0 Å². The summed E-state index contributed by atoms with van der Waals surface area (Å²) in [5.41, 5.74) is 6.60. The summed E-state index contributed by atoms with van der Waals surface area (Å²) >= 11 is 4.52. The number of nitrogens with one attached hydrogen (secondary N) is 1. The molecule has 0 bridgehead atoms. The van der Waals surface area contributed by atoms with Crippen LogP contribution in [-0.4, -0.2) is 12.2 Å². The van der Waals surface area contributed by atoms with E-state index in [2.05, 4.69) is 20.7 Å². The fourth-order valence-electron chi connectivity index (χ4n) is 0.873. The highest BCUT2D eigenvalue weighted by Crippen LogP contribution is 2.18. The Morgan fingerprint density at radius 2 is 2.31 bits per heavy atom. The van der Waals surface area contributed by atoms with Gasteiger partial charge in [-0.25, -0.2) is 0 Å². The molecule has 70 valence electrons. The molecule has 0 aromatic heterocycles. The van der Waals surface area contributed by atoms with Crippen LogP contribution >= 0.6 is 27.9 Å². The van der Waals surface area contributed by atoms with Crippen molar-refractivity contribution in [2.75, 3.05) is 12.0 Å². The van der Waals surface area contributed by atoms with Crippen molar-refractivity contribution >= 4 is 39.5 Å². The molecule has 3 N–H and O–H groups in total. The van der Waals surface area contributed by atoms with Gasteiger partial charge in [-0.15, -0.1) is 0 Å². The van der Waals surface area contributed by atoms with Crippen LogP contribution in [0.2, 0.25) is 0 Å². The van der Waals surface area contributed by atoms with Crippen molar-refractivity contribution in [3.8, 4) is 0 Å². The van der Waals surface area contributed by atoms with Gasteiger partial charge in [0, 0.05) is 16.4 Å². The predicted octanol–water partition coefficient (Wildman–Crippen LogP) is 2.04. The third-order valence-electron chi connectivity index (χ3n) is 1.45. The van der Waals surface area contributed by atoms with E-state index >= 15 is 0 Å². The Hall–Kier alpha value is -0.680. The number of halogens is 1. The molecule has 0 spiro atoms. The fourth-order valence-corrected chi connectivity index (χ4v) is 1.53. The maximum atomic E-state index is 11.4. The zero-order valence-corrected chi connectivity index (χ0v) is 9.41. The van der Waals surface area contributed by atoms with Crippen molar-refractivity contribution in [2.45, 2.75) is 0 Å². The van der Waals surface area contributed by atoms with E-state index in [0.29, 0.717) is 11.3 Å². The van der Waals surface area contributed by atoms with Gasteiger partial charge in [-0.2, -0.15) is 0 Å². The molecule has 0 radical (unpaired) electrons. The van der Waals surface area contributed by atoms with E-state index in [1.54, 1.807) is 24.5 Å². The molecule has 0 aliphatic carbocycles. The van der Waals surface area contributed by atoms with E-state index in [-0.39, 0.29) is 5.91 Å². The van der Waals surface area contributed by atoms with Crippen LogP contribution in [0, 0.1) is 0 Å². The number of carbonyl (C=O) groups excluding carboxylic acids is 1. The molecule has 0 aliphatic rings. The Labute approximate surface area is 89.3 Å². The SMILES string of the molecule is CSNC(=O)c1cc(Br)ccc1N. The number of benzene rings is 1. The van der Waals surface area contributed by atoms with Crippen LogP contribution in [0.15, 0.2) is 22.7 Å². The number of nitrogen functional groups attached to an aromatic ring is 1. The molecule has 5 heteroatoms. The first-order chi connectivity index (χ1) is 6.15. The lowest BCUT2D eigenvalue weighted by atomic mass is 10.2. The van der Waals surface area contributed by atoms with Crippen molar-refractivity contribution < 1.29 is 4.79 Å². The quantitative estimate of drug-likeness (QED) is 0.632. The molecule has 0 atom stereocenters. The largest absolute Gasteiger partial charge is 0.398 e. The molecular weight excluding hydrogens is 252 g/mol.